The number of aliphatic hydroxyl groups excluding tert-OH is 3. The van der Waals surface area contributed by atoms with E-state index in [1.54, 1.807) is 0 Å². The Balaban J connectivity index is 2.08. The van der Waals surface area contributed by atoms with Crippen molar-refractivity contribution >= 4 is 11.2 Å². The van der Waals surface area contributed by atoms with Gasteiger partial charge < -0.3 is 25.0 Å². The van der Waals surface area contributed by atoms with Crippen LogP contribution < -0.4 is 10.1 Å². The molecule has 9 heteroatoms. The number of aromatic amines is 2. The zero-order valence-electron chi connectivity index (χ0n) is 9.72. The Morgan fingerprint density at radius 3 is 2.84 bits per heavy atom. The number of aromatic nitrogens is 4. The molecule has 0 aliphatic carbocycles. The Labute approximate surface area is 106 Å². The van der Waals surface area contributed by atoms with Gasteiger partial charge in [0.15, 0.2) is 12.7 Å². The highest BCUT2D eigenvalue weighted by Gasteiger charge is 2.46. The maximum Gasteiger partial charge on any atom is 0.334 e. The van der Waals surface area contributed by atoms with Gasteiger partial charge in [-0.15, -0.1) is 0 Å². The van der Waals surface area contributed by atoms with Crippen LogP contribution in [0.15, 0.2) is 17.4 Å². The molecule has 3 heterocycles. The summed E-state index contributed by atoms with van der Waals surface area (Å²) in [4.78, 5) is 20.7. The summed E-state index contributed by atoms with van der Waals surface area (Å²) in [6.07, 6.45) is -1.59. The van der Waals surface area contributed by atoms with E-state index in [4.69, 9.17) is 9.84 Å². The van der Waals surface area contributed by atoms with E-state index in [2.05, 4.69) is 15.0 Å². The number of nitrogens with one attached hydrogen (secondary N) is 2. The molecule has 3 rings (SSSR count). The average Bonchev–Trinajstić information content (AvgIpc) is 2.99. The number of imidazole rings is 1. The van der Waals surface area contributed by atoms with E-state index in [0.29, 0.717) is 5.65 Å². The van der Waals surface area contributed by atoms with Crippen molar-refractivity contribution in [3.8, 4) is 0 Å². The SMILES string of the molecule is O=c1[nH]c[n+]([C@@H]2O[C@H](CO)[C@@H](O)[C@@H]2O)c2nc[nH]c12. The highest BCUT2D eigenvalue weighted by Crippen LogP contribution is 2.25. The van der Waals surface area contributed by atoms with Crippen molar-refractivity contribution in [3.05, 3.63) is 23.0 Å². The lowest BCUT2D eigenvalue weighted by molar-refractivity contribution is -0.747. The van der Waals surface area contributed by atoms with Crippen molar-refractivity contribution in [3.63, 3.8) is 0 Å². The van der Waals surface area contributed by atoms with Crippen LogP contribution in [-0.4, -0.2) is 55.2 Å². The largest absolute Gasteiger partial charge is 0.394 e. The first-order valence-corrected chi connectivity index (χ1v) is 5.72. The molecule has 19 heavy (non-hydrogen) atoms. The summed E-state index contributed by atoms with van der Waals surface area (Å²) in [6, 6.07) is 0. The predicted molar refractivity (Wildman–Crippen MR) is 59.9 cm³/mol. The van der Waals surface area contributed by atoms with Crippen molar-refractivity contribution in [2.75, 3.05) is 6.61 Å². The topological polar surface area (TPSA) is 135 Å². The van der Waals surface area contributed by atoms with Gasteiger partial charge in [0.2, 0.25) is 11.7 Å². The molecule has 0 radical (unpaired) electrons. The first-order chi connectivity index (χ1) is 9.13. The molecule has 1 saturated heterocycles. The zero-order chi connectivity index (χ0) is 13.6. The summed E-state index contributed by atoms with van der Waals surface area (Å²) in [7, 11) is 0. The van der Waals surface area contributed by atoms with Gasteiger partial charge in [-0.25, -0.2) is 14.3 Å². The highest BCUT2D eigenvalue weighted by molar-refractivity contribution is 5.64. The molecule has 102 valence electrons. The van der Waals surface area contributed by atoms with Crippen molar-refractivity contribution in [1.29, 1.82) is 0 Å². The van der Waals surface area contributed by atoms with Crippen LogP contribution in [0.2, 0.25) is 0 Å². The minimum atomic E-state index is -1.23. The van der Waals surface area contributed by atoms with Crippen LogP contribution in [0.25, 0.3) is 11.2 Å². The summed E-state index contributed by atoms with van der Waals surface area (Å²) in [5.41, 5.74) is 0.175. The molecule has 1 aliphatic rings. The van der Waals surface area contributed by atoms with E-state index in [1.807, 2.05) is 0 Å². The van der Waals surface area contributed by atoms with Gasteiger partial charge in [0.1, 0.15) is 18.3 Å². The summed E-state index contributed by atoms with van der Waals surface area (Å²) in [5, 5.41) is 28.7. The minimum absolute atomic E-state index is 0.236. The van der Waals surface area contributed by atoms with Crippen molar-refractivity contribution < 1.29 is 24.6 Å². The predicted octanol–water partition coefficient (Wildman–Crippen LogP) is -2.85. The molecule has 0 bridgehead atoms. The van der Waals surface area contributed by atoms with E-state index in [9.17, 15) is 15.0 Å². The fourth-order valence-corrected chi connectivity index (χ4v) is 2.22. The van der Waals surface area contributed by atoms with E-state index in [1.165, 1.54) is 17.2 Å². The number of H-pyrrole nitrogens is 2. The highest BCUT2D eigenvalue weighted by atomic mass is 16.6. The summed E-state index contributed by atoms with van der Waals surface area (Å²) in [5.74, 6) is 0. The molecule has 2 aromatic rings. The quantitative estimate of drug-likeness (QED) is 0.372. The van der Waals surface area contributed by atoms with Gasteiger partial charge in [0.25, 0.3) is 5.65 Å². The monoisotopic (exact) mass is 269 g/mol. The second-order valence-corrected chi connectivity index (χ2v) is 4.34. The first kappa shape index (κ1) is 12.2. The minimum Gasteiger partial charge on any atom is -0.394 e. The Morgan fingerprint density at radius 1 is 1.37 bits per heavy atom. The maximum absolute atomic E-state index is 11.5. The molecule has 1 fully saturated rings. The number of ether oxygens (including phenoxy) is 1. The second-order valence-electron chi connectivity index (χ2n) is 4.34. The van der Waals surface area contributed by atoms with Crippen LogP contribution in [0.5, 0.6) is 0 Å². The van der Waals surface area contributed by atoms with Crippen molar-refractivity contribution in [1.82, 2.24) is 15.0 Å². The second kappa shape index (κ2) is 4.38. The van der Waals surface area contributed by atoms with Gasteiger partial charge in [0.05, 0.1) is 6.61 Å². The van der Waals surface area contributed by atoms with E-state index >= 15 is 0 Å². The molecule has 0 aromatic carbocycles. The van der Waals surface area contributed by atoms with Crippen LogP contribution in [0.4, 0.5) is 0 Å². The van der Waals surface area contributed by atoms with Crippen LogP contribution >= 0.6 is 0 Å². The molecule has 0 spiro atoms. The van der Waals surface area contributed by atoms with E-state index in [0.717, 1.165) is 0 Å². The third-order valence-electron chi connectivity index (χ3n) is 3.22. The van der Waals surface area contributed by atoms with Crippen LogP contribution in [0.3, 0.4) is 0 Å². The number of fused-ring (bicyclic) bond motifs is 1. The lowest BCUT2D eigenvalue weighted by Crippen LogP contribution is -2.48. The van der Waals surface area contributed by atoms with Crippen LogP contribution in [-0.2, 0) is 4.74 Å². The summed E-state index contributed by atoms with van der Waals surface area (Å²) < 4.78 is 6.78. The standard InChI is InChI=1S/C10H12N4O5/c15-1-4-6(16)7(17)10(19-4)14-3-13-9(18)5-8(14)12-2-11-5/h2-4,6-7,10,15-17H,1H2,(H,11,12,18)/p+1/t4-,6-,7+,10-/m1/s1. The van der Waals surface area contributed by atoms with Gasteiger partial charge in [0, 0.05) is 0 Å². The Morgan fingerprint density at radius 2 is 2.16 bits per heavy atom. The Hall–Kier alpha value is -1.81. The van der Waals surface area contributed by atoms with E-state index in [-0.39, 0.29) is 11.1 Å². The average molecular weight is 269 g/mol. The Bertz CT molecular complexity index is 653. The third kappa shape index (κ3) is 1.75. The molecule has 0 unspecified atom stereocenters. The number of nitrogens with zero attached hydrogens (tertiary/aromatic N) is 2. The molecule has 1 aliphatic heterocycles. The lowest BCUT2D eigenvalue weighted by atomic mass is 10.1. The molecule has 5 N–H and O–H groups in total. The number of hydrogen-bond donors (Lipinski definition) is 5. The smallest absolute Gasteiger partial charge is 0.334 e. The number of aliphatic hydroxyl groups is 3. The first-order valence-electron chi connectivity index (χ1n) is 5.72. The number of rotatable bonds is 2. The fraction of sp³-hybridized carbons (Fsp3) is 0.500. The fourth-order valence-electron chi connectivity index (χ4n) is 2.22. The van der Waals surface area contributed by atoms with Gasteiger partial charge in [-0.3, -0.25) is 0 Å². The lowest BCUT2D eigenvalue weighted by Gasteiger charge is -2.13. The van der Waals surface area contributed by atoms with E-state index < -0.39 is 31.1 Å². The summed E-state index contributed by atoms with van der Waals surface area (Å²) >= 11 is 0. The third-order valence-corrected chi connectivity index (χ3v) is 3.22. The zero-order valence-corrected chi connectivity index (χ0v) is 9.72. The molecular formula is C10H13N4O5+. The van der Waals surface area contributed by atoms with Crippen LogP contribution in [0.1, 0.15) is 6.23 Å². The summed E-state index contributed by atoms with van der Waals surface area (Å²) in [6.45, 7) is -0.414. The number of hydrogen-bond acceptors (Lipinski definition) is 6. The molecular weight excluding hydrogens is 256 g/mol. The Kier molecular flexibility index (Phi) is 2.82. The van der Waals surface area contributed by atoms with Crippen LogP contribution in [0, 0.1) is 0 Å². The van der Waals surface area contributed by atoms with Gasteiger partial charge in [-0.2, -0.15) is 0 Å². The van der Waals surface area contributed by atoms with Crippen molar-refractivity contribution in [2.45, 2.75) is 24.5 Å². The molecule has 9 nitrogen and oxygen atoms in total. The van der Waals surface area contributed by atoms with Gasteiger partial charge >= 0.3 is 5.56 Å². The molecule has 0 saturated carbocycles. The van der Waals surface area contributed by atoms with Gasteiger partial charge in [-0.05, 0) is 0 Å². The van der Waals surface area contributed by atoms with Crippen molar-refractivity contribution in [2.24, 2.45) is 0 Å². The molecule has 2 aromatic heterocycles. The molecule has 0 amide bonds. The van der Waals surface area contributed by atoms with Gasteiger partial charge in [-0.1, -0.05) is 4.98 Å². The normalized spacial score (nSPS) is 31.1. The maximum atomic E-state index is 11.5. The molecule has 4 atom stereocenters.